The van der Waals surface area contributed by atoms with Crippen molar-refractivity contribution in [1.82, 2.24) is 0 Å². The molecule has 0 aliphatic heterocycles. The van der Waals surface area contributed by atoms with Crippen molar-refractivity contribution >= 4 is 20.4 Å². The largest absolute Gasteiger partial charge is 0.127 e. The van der Waals surface area contributed by atoms with Crippen molar-refractivity contribution in [3.05, 3.63) is 12.7 Å². The SMILES string of the molecule is C=CC[SiH](C)CCCl. The summed E-state index contributed by atoms with van der Waals surface area (Å²) < 4.78 is 0. The standard InChI is InChI=1S/C6H13ClSi/c1-3-5-8(2)6-4-7/h3,8H,1,4-6H2,2H3. The van der Waals surface area contributed by atoms with Gasteiger partial charge in [-0.15, -0.1) is 18.2 Å². The number of halogens is 1. The Hall–Kier alpha value is 0.247. The zero-order valence-electron chi connectivity index (χ0n) is 5.36. The summed E-state index contributed by atoms with van der Waals surface area (Å²) in [6.45, 7) is 6.00. The average Bonchev–Trinajstić information content (AvgIpc) is 1.68. The first kappa shape index (κ1) is 8.25. The molecular weight excluding hydrogens is 136 g/mol. The lowest BCUT2D eigenvalue weighted by atomic mass is 10.8. The molecule has 0 aromatic heterocycles. The van der Waals surface area contributed by atoms with E-state index >= 15 is 0 Å². The maximum Gasteiger partial charge on any atom is 0.0386 e. The minimum Gasteiger partial charge on any atom is -0.127 e. The Kier molecular flexibility index (Phi) is 5.55. The van der Waals surface area contributed by atoms with Gasteiger partial charge in [0.25, 0.3) is 0 Å². The van der Waals surface area contributed by atoms with Gasteiger partial charge in [0.05, 0.1) is 0 Å². The third kappa shape index (κ3) is 4.41. The van der Waals surface area contributed by atoms with E-state index in [0.717, 1.165) is 5.88 Å². The normalized spacial score (nSPS) is 13.2. The van der Waals surface area contributed by atoms with Gasteiger partial charge in [-0.1, -0.05) is 12.6 Å². The highest BCUT2D eigenvalue weighted by atomic mass is 35.5. The predicted octanol–water partition coefficient (Wildman–Crippen LogP) is 2.27. The minimum atomic E-state index is -0.452. The smallest absolute Gasteiger partial charge is 0.0386 e. The third-order valence-electron chi connectivity index (χ3n) is 1.17. The lowest BCUT2D eigenvalue weighted by molar-refractivity contribution is 1.39. The molecule has 0 aromatic rings. The Labute approximate surface area is 58.2 Å². The highest BCUT2D eigenvalue weighted by Crippen LogP contribution is 2.00. The maximum absolute atomic E-state index is 5.53. The fourth-order valence-corrected chi connectivity index (χ4v) is 2.88. The zero-order chi connectivity index (χ0) is 6.41. The second-order valence-corrected chi connectivity index (χ2v) is 5.74. The van der Waals surface area contributed by atoms with Gasteiger partial charge >= 0.3 is 0 Å². The van der Waals surface area contributed by atoms with Crippen molar-refractivity contribution in [1.29, 1.82) is 0 Å². The van der Waals surface area contributed by atoms with E-state index in [0.29, 0.717) is 0 Å². The molecule has 0 amide bonds. The number of hydrogen-bond donors (Lipinski definition) is 0. The van der Waals surface area contributed by atoms with E-state index in [1.807, 2.05) is 6.08 Å². The Bertz CT molecular complexity index is 63.5. The van der Waals surface area contributed by atoms with Gasteiger partial charge in [-0.25, -0.2) is 0 Å². The van der Waals surface area contributed by atoms with Crippen molar-refractivity contribution in [3.63, 3.8) is 0 Å². The molecule has 0 aliphatic rings. The van der Waals surface area contributed by atoms with Crippen LogP contribution in [0.2, 0.25) is 18.6 Å². The van der Waals surface area contributed by atoms with E-state index in [9.17, 15) is 0 Å². The van der Waals surface area contributed by atoms with Crippen molar-refractivity contribution in [2.45, 2.75) is 18.6 Å². The van der Waals surface area contributed by atoms with Gasteiger partial charge in [0.15, 0.2) is 0 Å². The lowest BCUT2D eigenvalue weighted by Gasteiger charge is -2.00. The molecule has 0 N–H and O–H groups in total. The van der Waals surface area contributed by atoms with Gasteiger partial charge in [0.2, 0.25) is 0 Å². The van der Waals surface area contributed by atoms with Crippen molar-refractivity contribution in [2.24, 2.45) is 0 Å². The molecule has 1 unspecified atom stereocenters. The topological polar surface area (TPSA) is 0 Å². The van der Waals surface area contributed by atoms with Gasteiger partial charge < -0.3 is 0 Å². The monoisotopic (exact) mass is 148 g/mol. The highest BCUT2D eigenvalue weighted by Gasteiger charge is 1.97. The van der Waals surface area contributed by atoms with Crippen LogP contribution < -0.4 is 0 Å². The highest BCUT2D eigenvalue weighted by molar-refractivity contribution is 6.58. The number of rotatable bonds is 4. The van der Waals surface area contributed by atoms with Crippen molar-refractivity contribution in [3.8, 4) is 0 Å². The predicted molar refractivity (Wildman–Crippen MR) is 43.5 cm³/mol. The van der Waals surface area contributed by atoms with Crippen molar-refractivity contribution in [2.75, 3.05) is 5.88 Å². The van der Waals surface area contributed by atoms with Crippen LogP contribution in [0.25, 0.3) is 0 Å². The first-order valence-electron chi connectivity index (χ1n) is 2.98. The molecule has 0 bridgehead atoms. The summed E-state index contributed by atoms with van der Waals surface area (Å²) >= 11 is 5.53. The van der Waals surface area contributed by atoms with Crippen LogP contribution in [-0.2, 0) is 0 Å². The molecule has 0 spiro atoms. The molecule has 8 heavy (non-hydrogen) atoms. The summed E-state index contributed by atoms with van der Waals surface area (Å²) in [6, 6.07) is 2.47. The Morgan fingerprint density at radius 3 is 2.75 bits per heavy atom. The van der Waals surface area contributed by atoms with Gasteiger partial charge in [-0.05, 0) is 12.1 Å². The van der Waals surface area contributed by atoms with Crippen molar-refractivity contribution < 1.29 is 0 Å². The summed E-state index contributed by atoms with van der Waals surface area (Å²) in [6.07, 6.45) is 2.00. The van der Waals surface area contributed by atoms with Crippen LogP contribution in [0.1, 0.15) is 0 Å². The number of hydrogen-bond acceptors (Lipinski definition) is 0. The molecular formula is C6H13ClSi. The Morgan fingerprint density at radius 1 is 1.75 bits per heavy atom. The molecule has 0 nitrogen and oxygen atoms in total. The van der Waals surface area contributed by atoms with Gasteiger partial charge in [0, 0.05) is 14.7 Å². The molecule has 0 fully saturated rings. The third-order valence-corrected chi connectivity index (χ3v) is 4.17. The van der Waals surface area contributed by atoms with Crippen LogP contribution in [0.15, 0.2) is 12.7 Å². The molecule has 0 aromatic carbocycles. The van der Waals surface area contributed by atoms with Gasteiger partial charge in [0.1, 0.15) is 0 Å². The van der Waals surface area contributed by atoms with E-state index in [4.69, 9.17) is 11.6 Å². The number of alkyl halides is 1. The molecule has 0 radical (unpaired) electrons. The molecule has 0 aliphatic carbocycles. The van der Waals surface area contributed by atoms with Crippen LogP contribution in [0.4, 0.5) is 0 Å². The maximum atomic E-state index is 5.53. The summed E-state index contributed by atoms with van der Waals surface area (Å²) in [4.78, 5) is 0. The molecule has 0 saturated carbocycles. The number of allylic oxidation sites excluding steroid dienone is 1. The second kappa shape index (κ2) is 5.38. The van der Waals surface area contributed by atoms with E-state index in [1.165, 1.54) is 12.1 Å². The Balaban J connectivity index is 3.03. The lowest BCUT2D eigenvalue weighted by Crippen LogP contribution is -2.04. The summed E-state index contributed by atoms with van der Waals surface area (Å²) in [5, 5.41) is 0. The van der Waals surface area contributed by atoms with Gasteiger partial charge in [-0.3, -0.25) is 0 Å². The molecule has 1 atom stereocenters. The summed E-state index contributed by atoms with van der Waals surface area (Å²) in [7, 11) is -0.452. The van der Waals surface area contributed by atoms with Crippen LogP contribution in [0, 0.1) is 0 Å². The minimum absolute atomic E-state index is 0.452. The van der Waals surface area contributed by atoms with Crippen LogP contribution in [0.5, 0.6) is 0 Å². The Morgan fingerprint density at radius 2 is 2.38 bits per heavy atom. The first-order chi connectivity index (χ1) is 3.81. The molecule has 0 rings (SSSR count). The summed E-state index contributed by atoms with van der Waals surface area (Å²) in [5.74, 6) is 0.835. The first-order valence-corrected chi connectivity index (χ1v) is 6.30. The second-order valence-electron chi connectivity index (χ2n) is 2.11. The van der Waals surface area contributed by atoms with E-state index in [-0.39, 0.29) is 0 Å². The van der Waals surface area contributed by atoms with E-state index in [1.54, 1.807) is 0 Å². The zero-order valence-corrected chi connectivity index (χ0v) is 7.27. The molecule has 48 valence electrons. The average molecular weight is 149 g/mol. The van der Waals surface area contributed by atoms with Crippen LogP contribution in [0.3, 0.4) is 0 Å². The fraction of sp³-hybridized carbons (Fsp3) is 0.667. The van der Waals surface area contributed by atoms with Crippen LogP contribution >= 0.6 is 11.6 Å². The van der Waals surface area contributed by atoms with E-state index in [2.05, 4.69) is 13.1 Å². The fourth-order valence-electron chi connectivity index (χ4n) is 0.589. The quantitative estimate of drug-likeness (QED) is 0.326. The van der Waals surface area contributed by atoms with E-state index < -0.39 is 8.80 Å². The van der Waals surface area contributed by atoms with Gasteiger partial charge in [-0.2, -0.15) is 0 Å². The molecule has 0 saturated heterocycles. The molecule has 2 heteroatoms. The summed E-state index contributed by atoms with van der Waals surface area (Å²) in [5.41, 5.74) is 0. The van der Waals surface area contributed by atoms with Crippen LogP contribution in [-0.4, -0.2) is 14.7 Å². The molecule has 0 heterocycles.